The Bertz CT molecular complexity index is 1280. The van der Waals surface area contributed by atoms with E-state index in [1.807, 2.05) is 0 Å². The minimum atomic E-state index is -3.65. The van der Waals surface area contributed by atoms with Crippen LogP contribution in [0.5, 0.6) is 5.75 Å². The van der Waals surface area contributed by atoms with E-state index in [9.17, 15) is 21.6 Å². The third-order valence-electron chi connectivity index (χ3n) is 6.56. The summed E-state index contributed by atoms with van der Waals surface area (Å²) in [6.45, 7) is 4.84. The predicted octanol–water partition coefficient (Wildman–Crippen LogP) is 1.94. The van der Waals surface area contributed by atoms with Crippen molar-refractivity contribution in [3.8, 4) is 5.75 Å². The summed E-state index contributed by atoms with van der Waals surface area (Å²) in [5.74, 6) is 0.575. The molecule has 0 aromatic heterocycles. The van der Waals surface area contributed by atoms with E-state index in [0.29, 0.717) is 51.1 Å². The first-order valence-electron chi connectivity index (χ1n) is 12.4. The molecule has 2 aromatic carbocycles. The van der Waals surface area contributed by atoms with Gasteiger partial charge < -0.3 is 14.8 Å². The van der Waals surface area contributed by atoms with Crippen LogP contribution in [0.4, 0.5) is 0 Å². The molecule has 202 valence electrons. The summed E-state index contributed by atoms with van der Waals surface area (Å²) in [6.07, 6.45) is 1.65. The number of sulfonamides is 2. The van der Waals surface area contributed by atoms with Crippen LogP contribution in [0, 0.1) is 5.92 Å². The number of hydrogen-bond acceptors (Lipinski definition) is 7. The van der Waals surface area contributed by atoms with Crippen molar-refractivity contribution in [1.82, 2.24) is 13.9 Å². The van der Waals surface area contributed by atoms with E-state index in [4.69, 9.17) is 9.47 Å². The fourth-order valence-corrected chi connectivity index (χ4v) is 7.18. The second kappa shape index (κ2) is 11.9. The van der Waals surface area contributed by atoms with Gasteiger partial charge in [0.15, 0.2) is 0 Å². The zero-order chi connectivity index (χ0) is 26.5. The smallest absolute Gasteiger partial charge is 0.251 e. The topological polar surface area (TPSA) is 122 Å². The normalized spacial score (nSPS) is 18.4. The second-order valence-corrected chi connectivity index (χ2v) is 13.1. The molecule has 2 saturated heterocycles. The van der Waals surface area contributed by atoms with Gasteiger partial charge >= 0.3 is 0 Å². The fourth-order valence-electron chi connectivity index (χ4n) is 4.25. The summed E-state index contributed by atoms with van der Waals surface area (Å²) in [6, 6.07) is 12.2. The standard InChI is InChI=1S/C25H33N3O7S2/c1-20-9-12-27(13-10-20)37(32,33)24-4-2-3-21(19-24)25(29)26-11-16-35-22-5-7-23(8-6-22)36(30,31)28-14-17-34-18-15-28/h2-8,19-20H,9-18H2,1H3,(H,26,29). The maximum Gasteiger partial charge on any atom is 0.251 e. The molecule has 10 nitrogen and oxygen atoms in total. The van der Waals surface area contributed by atoms with E-state index in [-0.39, 0.29) is 28.5 Å². The van der Waals surface area contributed by atoms with E-state index in [1.54, 1.807) is 24.3 Å². The molecule has 2 fully saturated rings. The van der Waals surface area contributed by atoms with E-state index in [2.05, 4.69) is 12.2 Å². The Labute approximate surface area is 218 Å². The molecule has 1 amide bonds. The Morgan fingerprint density at radius 3 is 2.22 bits per heavy atom. The van der Waals surface area contributed by atoms with Gasteiger partial charge in [-0.3, -0.25) is 4.79 Å². The van der Waals surface area contributed by atoms with Gasteiger partial charge in [0.05, 0.1) is 29.5 Å². The van der Waals surface area contributed by atoms with Crippen LogP contribution in [-0.2, 0) is 24.8 Å². The van der Waals surface area contributed by atoms with Crippen LogP contribution in [0.2, 0.25) is 0 Å². The molecule has 0 unspecified atom stereocenters. The molecule has 0 radical (unpaired) electrons. The summed E-state index contributed by atoms with van der Waals surface area (Å²) in [5, 5.41) is 2.73. The van der Waals surface area contributed by atoms with Crippen molar-refractivity contribution >= 4 is 26.0 Å². The molecule has 0 saturated carbocycles. The van der Waals surface area contributed by atoms with Gasteiger partial charge in [-0.05, 0) is 61.2 Å². The predicted molar refractivity (Wildman–Crippen MR) is 137 cm³/mol. The Morgan fingerprint density at radius 1 is 0.919 bits per heavy atom. The number of amides is 1. The summed E-state index contributed by atoms with van der Waals surface area (Å²) in [7, 11) is -7.22. The average molecular weight is 552 g/mol. The highest BCUT2D eigenvalue weighted by molar-refractivity contribution is 7.89. The molecule has 0 atom stereocenters. The molecule has 37 heavy (non-hydrogen) atoms. The van der Waals surface area contributed by atoms with Crippen LogP contribution in [0.15, 0.2) is 58.3 Å². The van der Waals surface area contributed by atoms with Crippen LogP contribution in [0.25, 0.3) is 0 Å². The van der Waals surface area contributed by atoms with Crippen molar-refractivity contribution in [2.45, 2.75) is 29.6 Å². The first-order valence-corrected chi connectivity index (χ1v) is 15.2. The van der Waals surface area contributed by atoms with Crippen LogP contribution >= 0.6 is 0 Å². The largest absolute Gasteiger partial charge is 0.492 e. The summed E-state index contributed by atoms with van der Waals surface area (Å²) < 4.78 is 65.1. The van der Waals surface area contributed by atoms with Gasteiger partial charge in [0.25, 0.3) is 5.91 Å². The Hall–Kier alpha value is -2.51. The van der Waals surface area contributed by atoms with Crippen molar-refractivity contribution in [3.05, 3.63) is 54.1 Å². The molecule has 0 spiro atoms. The second-order valence-electron chi connectivity index (χ2n) is 9.21. The number of carbonyl (C=O) groups excluding carboxylic acids is 1. The van der Waals surface area contributed by atoms with Crippen LogP contribution in [0.3, 0.4) is 0 Å². The maximum absolute atomic E-state index is 13.0. The first-order chi connectivity index (χ1) is 17.7. The monoisotopic (exact) mass is 551 g/mol. The summed E-state index contributed by atoms with van der Waals surface area (Å²) in [5.41, 5.74) is 0.254. The molecule has 12 heteroatoms. The van der Waals surface area contributed by atoms with Crippen molar-refractivity contribution < 1.29 is 31.1 Å². The van der Waals surface area contributed by atoms with Gasteiger partial charge in [0, 0.05) is 31.7 Å². The number of benzene rings is 2. The minimum absolute atomic E-state index is 0.109. The van der Waals surface area contributed by atoms with E-state index in [0.717, 1.165) is 12.8 Å². The van der Waals surface area contributed by atoms with Gasteiger partial charge in [-0.25, -0.2) is 16.8 Å². The number of hydrogen-bond donors (Lipinski definition) is 1. The molecular weight excluding hydrogens is 518 g/mol. The molecule has 4 rings (SSSR count). The Kier molecular flexibility index (Phi) is 8.86. The highest BCUT2D eigenvalue weighted by Crippen LogP contribution is 2.24. The van der Waals surface area contributed by atoms with Crippen molar-refractivity contribution in [1.29, 1.82) is 0 Å². The first kappa shape index (κ1) is 27.5. The van der Waals surface area contributed by atoms with E-state index < -0.39 is 26.0 Å². The maximum atomic E-state index is 13.0. The van der Waals surface area contributed by atoms with Crippen LogP contribution in [-0.4, -0.2) is 83.9 Å². The van der Waals surface area contributed by atoms with Crippen molar-refractivity contribution in [2.75, 3.05) is 52.5 Å². The number of nitrogens with zero attached hydrogens (tertiary/aromatic N) is 2. The van der Waals surface area contributed by atoms with Crippen molar-refractivity contribution in [3.63, 3.8) is 0 Å². The van der Waals surface area contributed by atoms with Gasteiger partial charge in [-0.1, -0.05) is 13.0 Å². The number of carbonyl (C=O) groups is 1. The quantitative estimate of drug-likeness (QED) is 0.473. The lowest BCUT2D eigenvalue weighted by molar-refractivity contribution is 0.0730. The number of morpholine rings is 1. The molecule has 2 heterocycles. The zero-order valence-corrected chi connectivity index (χ0v) is 22.5. The van der Waals surface area contributed by atoms with Crippen LogP contribution < -0.4 is 10.1 Å². The molecular formula is C25H33N3O7S2. The van der Waals surface area contributed by atoms with Gasteiger partial charge in [-0.15, -0.1) is 0 Å². The van der Waals surface area contributed by atoms with Gasteiger partial charge in [-0.2, -0.15) is 8.61 Å². The highest BCUT2D eigenvalue weighted by atomic mass is 32.2. The number of rotatable bonds is 9. The van der Waals surface area contributed by atoms with Crippen molar-refractivity contribution in [2.24, 2.45) is 5.92 Å². The van der Waals surface area contributed by atoms with Crippen LogP contribution in [0.1, 0.15) is 30.1 Å². The summed E-state index contributed by atoms with van der Waals surface area (Å²) >= 11 is 0. The Morgan fingerprint density at radius 2 is 1.54 bits per heavy atom. The van der Waals surface area contributed by atoms with E-state index >= 15 is 0 Å². The van der Waals surface area contributed by atoms with E-state index in [1.165, 1.54) is 32.9 Å². The molecule has 2 aliphatic heterocycles. The number of piperidine rings is 1. The SMILES string of the molecule is CC1CCN(S(=O)(=O)c2cccc(C(=O)NCCOc3ccc(S(=O)(=O)N4CCOCC4)cc3)c2)CC1. The Balaban J connectivity index is 1.28. The average Bonchev–Trinajstić information content (AvgIpc) is 2.92. The number of nitrogens with one attached hydrogen (secondary N) is 1. The zero-order valence-electron chi connectivity index (χ0n) is 20.8. The third kappa shape index (κ3) is 6.68. The lowest BCUT2D eigenvalue weighted by Crippen LogP contribution is -2.40. The lowest BCUT2D eigenvalue weighted by Gasteiger charge is -2.29. The van der Waals surface area contributed by atoms with Gasteiger partial charge in [0.2, 0.25) is 20.0 Å². The lowest BCUT2D eigenvalue weighted by atomic mass is 10.0. The summed E-state index contributed by atoms with van der Waals surface area (Å²) in [4.78, 5) is 12.9. The number of ether oxygens (including phenoxy) is 2. The van der Waals surface area contributed by atoms with Gasteiger partial charge in [0.1, 0.15) is 12.4 Å². The molecule has 2 aromatic rings. The molecule has 0 bridgehead atoms. The minimum Gasteiger partial charge on any atom is -0.492 e. The molecule has 1 N–H and O–H groups in total. The fraction of sp³-hybridized carbons (Fsp3) is 0.480. The molecule has 0 aliphatic carbocycles. The third-order valence-corrected chi connectivity index (χ3v) is 10.4. The highest BCUT2D eigenvalue weighted by Gasteiger charge is 2.29. The molecule has 2 aliphatic rings.